The molecule has 0 bridgehead atoms. The molecule has 2 rings (SSSR count). The number of hydrogen-bond donors (Lipinski definition) is 2. The van der Waals surface area contributed by atoms with Crippen molar-refractivity contribution in [3.63, 3.8) is 0 Å². The van der Waals surface area contributed by atoms with Gasteiger partial charge in [0.2, 0.25) is 0 Å². The molecule has 0 spiro atoms. The van der Waals surface area contributed by atoms with Crippen LogP contribution in [0.25, 0.3) is 0 Å². The van der Waals surface area contributed by atoms with Crippen molar-refractivity contribution in [2.45, 2.75) is 44.3 Å². The molecule has 0 aromatic heterocycles. The molecule has 0 aromatic rings. The van der Waals surface area contributed by atoms with Crippen LogP contribution in [0.15, 0.2) is 0 Å². The van der Waals surface area contributed by atoms with Gasteiger partial charge in [0.15, 0.2) is 0 Å². The van der Waals surface area contributed by atoms with Crippen molar-refractivity contribution in [3.8, 4) is 0 Å². The minimum atomic E-state index is -0.440. The van der Waals surface area contributed by atoms with Crippen molar-refractivity contribution >= 4 is 0 Å². The first-order valence-electron chi connectivity index (χ1n) is 4.65. The Morgan fingerprint density at radius 2 is 1.73 bits per heavy atom. The monoisotopic (exact) mass is 156 g/mol. The van der Waals surface area contributed by atoms with E-state index in [9.17, 15) is 10.2 Å². The van der Waals surface area contributed by atoms with Gasteiger partial charge >= 0.3 is 0 Å². The number of aliphatic hydroxyl groups is 2. The summed E-state index contributed by atoms with van der Waals surface area (Å²) in [6.07, 6.45) is 4.69. The molecule has 11 heavy (non-hydrogen) atoms. The van der Waals surface area contributed by atoms with E-state index in [0.29, 0.717) is 5.92 Å². The predicted octanol–water partition coefficient (Wildman–Crippen LogP) is 0.918. The Morgan fingerprint density at radius 3 is 2.55 bits per heavy atom. The Kier molecular flexibility index (Phi) is 1.90. The van der Waals surface area contributed by atoms with Crippen molar-refractivity contribution in [2.75, 3.05) is 0 Å². The Hall–Kier alpha value is -0.0800. The normalized spacial score (nSPS) is 50.7. The first-order valence-corrected chi connectivity index (χ1v) is 4.65. The molecule has 2 aliphatic carbocycles. The van der Waals surface area contributed by atoms with Gasteiger partial charge in [0.1, 0.15) is 0 Å². The summed E-state index contributed by atoms with van der Waals surface area (Å²) in [6.45, 7) is 0. The van der Waals surface area contributed by atoms with Crippen molar-refractivity contribution in [3.05, 3.63) is 0 Å². The molecular weight excluding hydrogens is 140 g/mol. The van der Waals surface area contributed by atoms with Gasteiger partial charge in [0.05, 0.1) is 12.2 Å². The molecule has 0 aromatic carbocycles. The third kappa shape index (κ3) is 1.42. The van der Waals surface area contributed by atoms with E-state index >= 15 is 0 Å². The molecular formula is C9H16O2. The fourth-order valence-corrected chi connectivity index (χ4v) is 2.24. The van der Waals surface area contributed by atoms with Crippen LogP contribution in [0.5, 0.6) is 0 Å². The summed E-state index contributed by atoms with van der Waals surface area (Å²) < 4.78 is 0. The zero-order chi connectivity index (χ0) is 7.84. The molecule has 2 heteroatoms. The van der Waals surface area contributed by atoms with Crippen LogP contribution in [0.4, 0.5) is 0 Å². The standard InChI is InChI=1S/C9H16O2/c10-8-4-2-1-3-6-5-7(6)9(8)11/h6-11H,1-5H2/t6-,7+,8+,9-/m0/s1. The lowest BCUT2D eigenvalue weighted by Gasteiger charge is -2.20. The number of fused-ring (bicyclic) bond motifs is 1. The van der Waals surface area contributed by atoms with Crippen LogP contribution in [0.2, 0.25) is 0 Å². The third-order valence-electron chi connectivity index (χ3n) is 3.13. The second-order valence-electron chi connectivity index (χ2n) is 4.00. The summed E-state index contributed by atoms with van der Waals surface area (Å²) >= 11 is 0. The molecule has 0 aliphatic heterocycles. The Morgan fingerprint density at radius 1 is 1.00 bits per heavy atom. The SMILES string of the molecule is O[C@H]1[C@@H]2C[C@@H]2CCCC[C@H]1O. The highest BCUT2D eigenvalue weighted by Crippen LogP contribution is 2.47. The maximum atomic E-state index is 9.54. The molecule has 4 atom stereocenters. The van der Waals surface area contributed by atoms with Gasteiger partial charge in [0.25, 0.3) is 0 Å². The van der Waals surface area contributed by atoms with Gasteiger partial charge in [-0.2, -0.15) is 0 Å². The summed E-state index contributed by atoms with van der Waals surface area (Å²) in [4.78, 5) is 0. The highest BCUT2D eigenvalue weighted by atomic mass is 16.3. The second-order valence-corrected chi connectivity index (χ2v) is 4.00. The summed E-state index contributed by atoms with van der Waals surface area (Å²) in [5.41, 5.74) is 0. The largest absolute Gasteiger partial charge is 0.390 e. The highest BCUT2D eigenvalue weighted by molar-refractivity contribution is 4.95. The molecule has 0 heterocycles. The van der Waals surface area contributed by atoms with E-state index in [1.54, 1.807) is 0 Å². The van der Waals surface area contributed by atoms with Crippen LogP contribution in [-0.4, -0.2) is 22.4 Å². The molecule has 0 unspecified atom stereocenters. The zero-order valence-electron chi connectivity index (χ0n) is 6.74. The van der Waals surface area contributed by atoms with Crippen LogP contribution >= 0.6 is 0 Å². The molecule has 64 valence electrons. The van der Waals surface area contributed by atoms with Crippen LogP contribution < -0.4 is 0 Å². The van der Waals surface area contributed by atoms with Gasteiger partial charge in [-0.25, -0.2) is 0 Å². The van der Waals surface area contributed by atoms with Crippen LogP contribution in [0.1, 0.15) is 32.1 Å². The Balaban J connectivity index is 1.95. The third-order valence-corrected chi connectivity index (χ3v) is 3.13. The van der Waals surface area contributed by atoms with Crippen molar-refractivity contribution in [2.24, 2.45) is 11.8 Å². The van der Waals surface area contributed by atoms with Gasteiger partial charge in [0, 0.05) is 0 Å². The Labute approximate surface area is 67.2 Å². The molecule has 2 aliphatic rings. The topological polar surface area (TPSA) is 40.5 Å². The highest BCUT2D eigenvalue weighted by Gasteiger charge is 2.44. The lowest BCUT2D eigenvalue weighted by Crippen LogP contribution is -2.29. The first-order chi connectivity index (χ1) is 5.29. The van der Waals surface area contributed by atoms with Gasteiger partial charge in [-0.1, -0.05) is 19.3 Å². The van der Waals surface area contributed by atoms with E-state index < -0.39 is 12.2 Å². The molecule has 2 saturated carbocycles. The first kappa shape index (κ1) is 7.56. The van der Waals surface area contributed by atoms with Gasteiger partial charge in [-0.15, -0.1) is 0 Å². The van der Waals surface area contributed by atoms with Crippen molar-refractivity contribution < 1.29 is 10.2 Å². The molecule has 2 fully saturated rings. The predicted molar refractivity (Wildman–Crippen MR) is 42.1 cm³/mol. The maximum Gasteiger partial charge on any atom is 0.0829 e. The molecule has 2 nitrogen and oxygen atoms in total. The summed E-state index contributed by atoms with van der Waals surface area (Å²) in [6, 6.07) is 0. The fraction of sp³-hybridized carbons (Fsp3) is 1.00. The fourth-order valence-electron chi connectivity index (χ4n) is 2.24. The van der Waals surface area contributed by atoms with Crippen LogP contribution in [0.3, 0.4) is 0 Å². The van der Waals surface area contributed by atoms with E-state index in [-0.39, 0.29) is 0 Å². The van der Waals surface area contributed by atoms with E-state index in [1.807, 2.05) is 0 Å². The number of hydrogen-bond acceptors (Lipinski definition) is 2. The second kappa shape index (κ2) is 2.76. The average Bonchev–Trinajstić information content (AvgIpc) is 2.73. The zero-order valence-corrected chi connectivity index (χ0v) is 6.74. The summed E-state index contributed by atoms with van der Waals surface area (Å²) in [5, 5.41) is 19.0. The van der Waals surface area contributed by atoms with Crippen LogP contribution in [-0.2, 0) is 0 Å². The molecule has 0 saturated heterocycles. The smallest absolute Gasteiger partial charge is 0.0829 e. The van der Waals surface area contributed by atoms with Crippen molar-refractivity contribution in [1.29, 1.82) is 0 Å². The Bertz CT molecular complexity index is 144. The van der Waals surface area contributed by atoms with E-state index in [2.05, 4.69) is 0 Å². The minimum Gasteiger partial charge on any atom is -0.390 e. The van der Waals surface area contributed by atoms with E-state index in [0.717, 1.165) is 25.2 Å². The quantitative estimate of drug-likeness (QED) is 0.547. The molecule has 2 N–H and O–H groups in total. The van der Waals surface area contributed by atoms with Gasteiger partial charge in [-0.3, -0.25) is 0 Å². The van der Waals surface area contributed by atoms with Gasteiger partial charge in [-0.05, 0) is 24.7 Å². The van der Waals surface area contributed by atoms with Crippen molar-refractivity contribution in [1.82, 2.24) is 0 Å². The molecule has 0 amide bonds. The van der Waals surface area contributed by atoms with E-state index in [4.69, 9.17) is 0 Å². The summed E-state index contributed by atoms with van der Waals surface area (Å²) in [5.74, 6) is 1.17. The lowest BCUT2D eigenvalue weighted by atomic mass is 9.96. The van der Waals surface area contributed by atoms with Gasteiger partial charge < -0.3 is 10.2 Å². The lowest BCUT2D eigenvalue weighted by molar-refractivity contribution is -0.00661. The minimum absolute atomic E-state index is 0.416. The maximum absolute atomic E-state index is 9.54. The number of rotatable bonds is 0. The molecule has 0 radical (unpaired) electrons. The van der Waals surface area contributed by atoms with E-state index in [1.165, 1.54) is 12.8 Å². The summed E-state index contributed by atoms with van der Waals surface area (Å²) in [7, 11) is 0. The van der Waals surface area contributed by atoms with Crippen LogP contribution in [0, 0.1) is 11.8 Å². The number of aliphatic hydroxyl groups excluding tert-OH is 2. The average molecular weight is 156 g/mol.